The fraction of sp³-hybridized carbons (Fsp3) is 0.562. The number of hydrogen-bond acceptors (Lipinski definition) is 5. The highest BCUT2D eigenvalue weighted by Crippen LogP contribution is 2.21. The van der Waals surface area contributed by atoms with Crippen molar-refractivity contribution in [2.24, 2.45) is 11.7 Å². The van der Waals surface area contributed by atoms with Gasteiger partial charge < -0.3 is 16.0 Å². The largest absolute Gasteiger partial charge is 0.352 e. The van der Waals surface area contributed by atoms with E-state index >= 15 is 0 Å². The Bertz CT molecular complexity index is 670. The first-order valence-corrected chi connectivity index (χ1v) is 9.54. The highest BCUT2D eigenvalue weighted by Gasteiger charge is 2.29. The summed E-state index contributed by atoms with van der Waals surface area (Å²) in [5.41, 5.74) is 6.07. The van der Waals surface area contributed by atoms with Gasteiger partial charge in [0.1, 0.15) is 0 Å². The number of hydrogen-bond donors (Lipinski definition) is 2. The van der Waals surface area contributed by atoms with Gasteiger partial charge in [-0.05, 0) is 18.7 Å². The molecule has 0 aliphatic carbocycles. The van der Waals surface area contributed by atoms with E-state index in [-0.39, 0.29) is 29.8 Å². The van der Waals surface area contributed by atoms with E-state index in [2.05, 4.69) is 10.2 Å². The van der Waals surface area contributed by atoms with Gasteiger partial charge >= 0.3 is 0 Å². The monoisotopic (exact) mass is 354 g/mol. The number of benzene rings is 1. The summed E-state index contributed by atoms with van der Waals surface area (Å²) >= 11 is 0. The third-order valence-electron chi connectivity index (χ3n) is 4.31. The summed E-state index contributed by atoms with van der Waals surface area (Å²) < 4.78 is 27.4. The van der Waals surface area contributed by atoms with E-state index < -0.39 is 10.0 Å². The Morgan fingerprint density at radius 3 is 2.50 bits per heavy atom. The highest BCUT2D eigenvalue weighted by molar-refractivity contribution is 7.89. The molecule has 0 saturated carbocycles. The van der Waals surface area contributed by atoms with Gasteiger partial charge in [0.2, 0.25) is 15.9 Å². The lowest BCUT2D eigenvalue weighted by Crippen LogP contribution is -2.47. The molecule has 134 valence electrons. The number of amides is 1. The molecule has 2 rings (SSSR count). The number of nitrogens with zero attached hydrogens (tertiary/aromatic N) is 2. The Labute approximate surface area is 143 Å². The van der Waals surface area contributed by atoms with Crippen LogP contribution in [-0.4, -0.2) is 63.3 Å². The fourth-order valence-electron chi connectivity index (χ4n) is 2.53. The fourth-order valence-corrected chi connectivity index (χ4v) is 4.18. The molecule has 1 fully saturated rings. The smallest absolute Gasteiger partial charge is 0.243 e. The molecular formula is C16H26N4O3S. The van der Waals surface area contributed by atoms with Crippen LogP contribution < -0.4 is 11.1 Å². The van der Waals surface area contributed by atoms with Crippen LogP contribution in [0.15, 0.2) is 29.2 Å². The summed E-state index contributed by atoms with van der Waals surface area (Å²) in [6.45, 7) is 4.55. The molecule has 1 aromatic carbocycles. The summed E-state index contributed by atoms with van der Waals surface area (Å²) in [5, 5.41) is 2.76. The number of carbonyl (C=O) groups excluding carboxylic acids is 1. The molecule has 0 aromatic heterocycles. The van der Waals surface area contributed by atoms with E-state index in [0.29, 0.717) is 31.7 Å². The Hall–Kier alpha value is -1.48. The maximum Gasteiger partial charge on any atom is 0.243 e. The zero-order valence-corrected chi connectivity index (χ0v) is 15.1. The average molecular weight is 354 g/mol. The Morgan fingerprint density at radius 1 is 1.25 bits per heavy atom. The topological polar surface area (TPSA) is 95.7 Å². The van der Waals surface area contributed by atoms with E-state index in [4.69, 9.17) is 5.73 Å². The number of carbonyl (C=O) groups is 1. The van der Waals surface area contributed by atoms with E-state index in [0.717, 1.165) is 0 Å². The molecule has 1 unspecified atom stereocenters. The maximum absolute atomic E-state index is 12.9. The highest BCUT2D eigenvalue weighted by atomic mass is 32.2. The number of sulfonamides is 1. The quantitative estimate of drug-likeness (QED) is 0.740. The normalized spacial score (nSPS) is 18.3. The summed E-state index contributed by atoms with van der Waals surface area (Å²) in [6, 6.07) is 6.81. The molecule has 1 aromatic rings. The van der Waals surface area contributed by atoms with E-state index in [1.807, 2.05) is 7.05 Å². The molecule has 1 heterocycles. The van der Waals surface area contributed by atoms with Crippen molar-refractivity contribution in [3.63, 3.8) is 0 Å². The third-order valence-corrected chi connectivity index (χ3v) is 6.31. The zero-order chi connectivity index (χ0) is 17.7. The molecule has 1 aliphatic rings. The van der Waals surface area contributed by atoms with Crippen molar-refractivity contribution in [1.29, 1.82) is 0 Å². The maximum atomic E-state index is 12.9. The van der Waals surface area contributed by atoms with Gasteiger partial charge in [-0.3, -0.25) is 4.79 Å². The van der Waals surface area contributed by atoms with Gasteiger partial charge in [-0.1, -0.05) is 25.1 Å². The second-order valence-electron chi connectivity index (χ2n) is 6.17. The van der Waals surface area contributed by atoms with Gasteiger partial charge in [0.05, 0.1) is 4.90 Å². The number of nitrogens with two attached hydrogens (primary N) is 1. The zero-order valence-electron chi connectivity index (χ0n) is 14.2. The minimum Gasteiger partial charge on any atom is -0.352 e. The molecule has 1 saturated heterocycles. The van der Waals surface area contributed by atoms with Crippen molar-refractivity contribution in [2.75, 3.05) is 39.8 Å². The van der Waals surface area contributed by atoms with Crippen LogP contribution in [0.1, 0.15) is 12.5 Å². The molecule has 7 nitrogen and oxygen atoms in total. The average Bonchev–Trinajstić information content (AvgIpc) is 2.59. The Balaban J connectivity index is 2.17. The van der Waals surface area contributed by atoms with Crippen molar-refractivity contribution < 1.29 is 13.2 Å². The lowest BCUT2D eigenvalue weighted by atomic mass is 10.1. The van der Waals surface area contributed by atoms with Gasteiger partial charge in [0, 0.05) is 45.2 Å². The van der Waals surface area contributed by atoms with Crippen LogP contribution in [0, 0.1) is 5.92 Å². The predicted octanol–water partition coefficient (Wildman–Crippen LogP) is -0.166. The van der Waals surface area contributed by atoms with E-state index in [1.54, 1.807) is 31.2 Å². The molecule has 3 N–H and O–H groups in total. The van der Waals surface area contributed by atoms with Crippen molar-refractivity contribution in [3.05, 3.63) is 29.8 Å². The van der Waals surface area contributed by atoms with Crippen LogP contribution in [0.2, 0.25) is 0 Å². The van der Waals surface area contributed by atoms with Gasteiger partial charge in [-0.15, -0.1) is 0 Å². The van der Waals surface area contributed by atoms with Crippen molar-refractivity contribution in [3.8, 4) is 0 Å². The lowest BCUT2D eigenvalue weighted by Gasteiger charge is -2.32. The van der Waals surface area contributed by atoms with Crippen molar-refractivity contribution in [2.45, 2.75) is 18.4 Å². The minimum absolute atomic E-state index is 0.173. The number of rotatable bonds is 6. The van der Waals surface area contributed by atoms with Gasteiger partial charge in [-0.25, -0.2) is 8.42 Å². The summed E-state index contributed by atoms with van der Waals surface area (Å²) in [6.07, 6.45) is 0. The van der Waals surface area contributed by atoms with Crippen LogP contribution in [0.4, 0.5) is 0 Å². The standard InChI is InChI=1S/C16H26N4O3S/c1-13(11-17)16(21)18-12-14-5-3-4-6-15(14)24(22,23)20-9-7-19(2)8-10-20/h3-6,13H,7-12,17H2,1-2H3,(H,18,21). The van der Waals surface area contributed by atoms with Crippen LogP contribution in [0.3, 0.4) is 0 Å². The third kappa shape index (κ3) is 4.32. The molecule has 0 spiro atoms. The van der Waals surface area contributed by atoms with E-state index in [1.165, 1.54) is 4.31 Å². The Morgan fingerprint density at radius 2 is 1.88 bits per heavy atom. The number of nitrogens with one attached hydrogen (secondary N) is 1. The summed E-state index contributed by atoms with van der Waals surface area (Å²) in [5.74, 6) is -0.476. The molecule has 24 heavy (non-hydrogen) atoms. The van der Waals surface area contributed by atoms with Crippen molar-refractivity contribution >= 4 is 15.9 Å². The molecule has 1 atom stereocenters. The molecule has 8 heteroatoms. The predicted molar refractivity (Wildman–Crippen MR) is 92.8 cm³/mol. The summed E-state index contributed by atoms with van der Waals surface area (Å²) in [7, 11) is -1.58. The van der Waals surface area contributed by atoms with Gasteiger partial charge in [0.25, 0.3) is 0 Å². The SMILES string of the molecule is CC(CN)C(=O)NCc1ccccc1S(=O)(=O)N1CCN(C)CC1. The molecule has 0 radical (unpaired) electrons. The minimum atomic E-state index is -3.56. The first-order valence-electron chi connectivity index (χ1n) is 8.10. The van der Waals surface area contributed by atoms with E-state index in [9.17, 15) is 13.2 Å². The number of piperazine rings is 1. The molecule has 1 amide bonds. The second-order valence-corrected chi connectivity index (χ2v) is 8.08. The molecular weight excluding hydrogens is 328 g/mol. The first kappa shape index (κ1) is 18.9. The van der Waals surface area contributed by atoms with Crippen LogP contribution >= 0.6 is 0 Å². The van der Waals surface area contributed by atoms with Crippen LogP contribution in [0.5, 0.6) is 0 Å². The van der Waals surface area contributed by atoms with Gasteiger partial charge in [0.15, 0.2) is 0 Å². The molecule has 0 bridgehead atoms. The first-order chi connectivity index (χ1) is 11.4. The molecule has 1 aliphatic heterocycles. The lowest BCUT2D eigenvalue weighted by molar-refractivity contribution is -0.124. The summed E-state index contributed by atoms with van der Waals surface area (Å²) in [4.78, 5) is 14.3. The van der Waals surface area contributed by atoms with Crippen LogP contribution in [0.25, 0.3) is 0 Å². The Kier molecular flexibility index (Phi) is 6.34. The van der Waals surface area contributed by atoms with Crippen LogP contribution in [-0.2, 0) is 21.4 Å². The number of likely N-dealkylation sites (N-methyl/N-ethyl adjacent to an activating group) is 1. The van der Waals surface area contributed by atoms with Crippen molar-refractivity contribution in [1.82, 2.24) is 14.5 Å². The van der Waals surface area contributed by atoms with Gasteiger partial charge in [-0.2, -0.15) is 4.31 Å². The second kappa shape index (κ2) is 8.06.